The summed E-state index contributed by atoms with van der Waals surface area (Å²) in [7, 11) is 0. The Bertz CT molecular complexity index is 378. The average Bonchev–Trinajstić information content (AvgIpc) is 2.60. The van der Waals surface area contributed by atoms with Crippen LogP contribution >= 0.6 is 11.8 Å². The lowest BCUT2D eigenvalue weighted by Gasteiger charge is -2.31. The number of nitrogens with zero attached hydrogens (tertiary/aromatic N) is 1. The number of rotatable bonds is 0. The maximum atomic E-state index is 4.54. The summed E-state index contributed by atoms with van der Waals surface area (Å²) in [6, 6.07) is 8.59. The Labute approximate surface area is 88.6 Å². The van der Waals surface area contributed by atoms with Gasteiger partial charge in [0.15, 0.2) is 0 Å². The first-order chi connectivity index (χ1) is 6.91. The van der Waals surface area contributed by atoms with E-state index < -0.39 is 0 Å². The molecule has 3 rings (SSSR count). The van der Waals surface area contributed by atoms with Gasteiger partial charge in [0.2, 0.25) is 0 Å². The molecule has 2 aliphatic heterocycles. The first-order valence-electron chi connectivity index (χ1n) is 5.13. The first-order valence-corrected chi connectivity index (χ1v) is 6.29. The van der Waals surface area contributed by atoms with Crippen LogP contribution in [-0.4, -0.2) is 17.7 Å². The van der Waals surface area contributed by atoms with Crippen LogP contribution < -0.4 is 0 Å². The molecule has 1 nitrogen and oxygen atoms in total. The van der Waals surface area contributed by atoms with Crippen LogP contribution in [0.3, 0.4) is 0 Å². The standard InChI is InChI=1S/C12H13NS/c1-2-4-11-10(3-1)12(9-13-11)5-7-14-8-6-12/h1-4,9H,5-8H2. The highest BCUT2D eigenvalue weighted by Crippen LogP contribution is 2.44. The normalized spacial score (nSPS) is 22.6. The number of aliphatic imine (C=N–C) groups is 1. The highest BCUT2D eigenvalue weighted by Gasteiger charge is 2.37. The van der Waals surface area contributed by atoms with Gasteiger partial charge in [-0.15, -0.1) is 0 Å². The van der Waals surface area contributed by atoms with Crippen molar-refractivity contribution in [1.82, 2.24) is 0 Å². The summed E-state index contributed by atoms with van der Waals surface area (Å²) in [5, 5.41) is 0. The summed E-state index contributed by atoms with van der Waals surface area (Å²) in [6.45, 7) is 0. The molecular formula is C12H13NS. The van der Waals surface area contributed by atoms with Gasteiger partial charge < -0.3 is 0 Å². The van der Waals surface area contributed by atoms with Gasteiger partial charge in [-0.3, -0.25) is 4.99 Å². The summed E-state index contributed by atoms with van der Waals surface area (Å²) in [5.41, 5.74) is 2.95. The fraction of sp³-hybridized carbons (Fsp3) is 0.417. The van der Waals surface area contributed by atoms with E-state index in [0.717, 1.165) is 0 Å². The fourth-order valence-corrected chi connectivity index (χ4v) is 3.63. The van der Waals surface area contributed by atoms with E-state index in [1.165, 1.54) is 35.6 Å². The molecule has 0 amide bonds. The van der Waals surface area contributed by atoms with E-state index in [9.17, 15) is 0 Å². The summed E-state index contributed by atoms with van der Waals surface area (Å²) in [4.78, 5) is 4.54. The van der Waals surface area contributed by atoms with Gasteiger partial charge in [-0.25, -0.2) is 0 Å². The number of benzene rings is 1. The molecule has 0 N–H and O–H groups in total. The van der Waals surface area contributed by atoms with E-state index >= 15 is 0 Å². The van der Waals surface area contributed by atoms with Crippen molar-refractivity contribution < 1.29 is 0 Å². The van der Waals surface area contributed by atoms with Crippen LogP contribution in [0.15, 0.2) is 29.3 Å². The molecular weight excluding hydrogens is 190 g/mol. The number of fused-ring (bicyclic) bond motifs is 2. The summed E-state index contributed by atoms with van der Waals surface area (Å²) in [6.07, 6.45) is 4.72. The molecule has 2 heterocycles. The second-order valence-electron chi connectivity index (χ2n) is 4.04. The Balaban J connectivity index is 2.07. The first kappa shape index (κ1) is 8.54. The van der Waals surface area contributed by atoms with Crippen LogP contribution in [0, 0.1) is 0 Å². The molecule has 1 aromatic rings. The van der Waals surface area contributed by atoms with Crippen LogP contribution in [0.25, 0.3) is 0 Å². The van der Waals surface area contributed by atoms with Crippen LogP contribution in [0.4, 0.5) is 5.69 Å². The summed E-state index contributed by atoms with van der Waals surface area (Å²) >= 11 is 2.07. The molecule has 0 radical (unpaired) electrons. The van der Waals surface area contributed by atoms with Gasteiger partial charge in [0.1, 0.15) is 0 Å². The molecule has 2 heteroatoms. The molecule has 0 unspecified atom stereocenters. The third-order valence-electron chi connectivity index (χ3n) is 3.28. The number of hydrogen-bond acceptors (Lipinski definition) is 2. The van der Waals surface area contributed by atoms with Crippen molar-refractivity contribution in [2.24, 2.45) is 4.99 Å². The van der Waals surface area contributed by atoms with Gasteiger partial charge in [0.05, 0.1) is 5.69 Å². The van der Waals surface area contributed by atoms with Gasteiger partial charge in [0.25, 0.3) is 0 Å². The van der Waals surface area contributed by atoms with Crippen LogP contribution in [0.5, 0.6) is 0 Å². The maximum absolute atomic E-state index is 4.54. The van der Waals surface area contributed by atoms with E-state index in [2.05, 4.69) is 47.2 Å². The molecule has 2 aliphatic rings. The molecule has 1 saturated heterocycles. The maximum Gasteiger partial charge on any atom is 0.0667 e. The predicted octanol–water partition coefficient (Wildman–Crippen LogP) is 3.17. The van der Waals surface area contributed by atoms with E-state index in [1.54, 1.807) is 0 Å². The Morgan fingerprint density at radius 2 is 1.93 bits per heavy atom. The molecule has 1 spiro atoms. The van der Waals surface area contributed by atoms with Crippen molar-refractivity contribution >= 4 is 23.7 Å². The van der Waals surface area contributed by atoms with E-state index in [1.807, 2.05) is 0 Å². The fourth-order valence-electron chi connectivity index (χ4n) is 2.40. The lowest BCUT2D eigenvalue weighted by atomic mass is 9.77. The zero-order valence-electron chi connectivity index (χ0n) is 8.07. The quantitative estimate of drug-likeness (QED) is 0.631. The van der Waals surface area contributed by atoms with Gasteiger partial charge >= 0.3 is 0 Å². The van der Waals surface area contributed by atoms with Crippen LogP contribution in [0.1, 0.15) is 18.4 Å². The van der Waals surface area contributed by atoms with Gasteiger partial charge in [-0.1, -0.05) is 18.2 Å². The van der Waals surface area contributed by atoms with Crippen molar-refractivity contribution in [2.75, 3.05) is 11.5 Å². The molecule has 14 heavy (non-hydrogen) atoms. The molecule has 1 fully saturated rings. The number of thioether (sulfide) groups is 1. The van der Waals surface area contributed by atoms with Gasteiger partial charge in [0, 0.05) is 11.6 Å². The van der Waals surface area contributed by atoms with Crippen molar-refractivity contribution in [3.8, 4) is 0 Å². The number of hydrogen-bond donors (Lipinski definition) is 0. The lowest BCUT2D eigenvalue weighted by molar-refractivity contribution is 0.551. The third-order valence-corrected chi connectivity index (χ3v) is 4.26. The zero-order chi connectivity index (χ0) is 9.43. The Morgan fingerprint density at radius 3 is 2.79 bits per heavy atom. The molecule has 0 aliphatic carbocycles. The second kappa shape index (κ2) is 3.13. The highest BCUT2D eigenvalue weighted by atomic mass is 32.2. The Morgan fingerprint density at radius 1 is 1.14 bits per heavy atom. The van der Waals surface area contributed by atoms with Crippen LogP contribution in [0.2, 0.25) is 0 Å². The van der Waals surface area contributed by atoms with E-state index in [4.69, 9.17) is 0 Å². The minimum absolute atomic E-state index is 0.293. The third kappa shape index (κ3) is 1.13. The second-order valence-corrected chi connectivity index (χ2v) is 5.27. The van der Waals surface area contributed by atoms with Crippen molar-refractivity contribution in [3.63, 3.8) is 0 Å². The van der Waals surface area contributed by atoms with Crippen molar-refractivity contribution in [2.45, 2.75) is 18.3 Å². The molecule has 0 saturated carbocycles. The number of para-hydroxylation sites is 1. The highest BCUT2D eigenvalue weighted by molar-refractivity contribution is 7.99. The average molecular weight is 203 g/mol. The molecule has 0 bridgehead atoms. The minimum atomic E-state index is 0.293. The van der Waals surface area contributed by atoms with E-state index in [0.29, 0.717) is 5.41 Å². The SMILES string of the molecule is C1=Nc2ccccc2C12CCSCC2. The summed E-state index contributed by atoms with van der Waals surface area (Å²) in [5.74, 6) is 2.56. The molecule has 1 aromatic carbocycles. The monoisotopic (exact) mass is 203 g/mol. The minimum Gasteiger partial charge on any atom is -0.260 e. The Kier molecular flexibility index (Phi) is 1.91. The predicted molar refractivity (Wildman–Crippen MR) is 62.8 cm³/mol. The van der Waals surface area contributed by atoms with Crippen LogP contribution in [-0.2, 0) is 5.41 Å². The van der Waals surface area contributed by atoms with Gasteiger partial charge in [-0.2, -0.15) is 11.8 Å². The van der Waals surface area contributed by atoms with E-state index in [-0.39, 0.29) is 0 Å². The van der Waals surface area contributed by atoms with Crippen molar-refractivity contribution in [3.05, 3.63) is 29.8 Å². The topological polar surface area (TPSA) is 12.4 Å². The van der Waals surface area contributed by atoms with Gasteiger partial charge in [-0.05, 0) is 36.0 Å². The smallest absolute Gasteiger partial charge is 0.0667 e. The molecule has 0 aromatic heterocycles. The molecule has 72 valence electrons. The zero-order valence-corrected chi connectivity index (χ0v) is 8.89. The molecule has 0 atom stereocenters. The summed E-state index contributed by atoms with van der Waals surface area (Å²) < 4.78 is 0. The Hall–Kier alpha value is -0.760. The lowest BCUT2D eigenvalue weighted by Crippen LogP contribution is -2.30. The van der Waals surface area contributed by atoms with Crippen molar-refractivity contribution in [1.29, 1.82) is 0 Å². The largest absolute Gasteiger partial charge is 0.260 e.